The second-order valence-corrected chi connectivity index (χ2v) is 6.01. The number of amides is 1. The summed E-state index contributed by atoms with van der Waals surface area (Å²) in [5.74, 6) is 1.25. The number of nitrogens with two attached hydrogens (primary N) is 1. The van der Waals surface area contributed by atoms with Crippen molar-refractivity contribution in [1.29, 1.82) is 0 Å². The van der Waals surface area contributed by atoms with E-state index in [1.54, 1.807) is 29.3 Å². The molecule has 8 heteroatoms. The van der Waals surface area contributed by atoms with Crippen LogP contribution in [0, 0.1) is 0 Å². The number of rotatable bonds is 6. The Morgan fingerprint density at radius 2 is 2.11 bits per heavy atom. The molecule has 3 rings (SSSR count). The van der Waals surface area contributed by atoms with Crippen molar-refractivity contribution in [3.05, 3.63) is 54.1 Å². The summed E-state index contributed by atoms with van der Waals surface area (Å²) in [6.07, 6.45) is 3.59. The zero-order valence-corrected chi connectivity index (χ0v) is 15.6. The van der Waals surface area contributed by atoms with E-state index in [2.05, 4.69) is 15.0 Å². The standard InChI is InChI=1S/C19H22N6O2/c1-4-25(12-16-21-8-9-24(16)2)18(26)14-7-5-6-13(10-14)15-11-17(27-3)23-19(20)22-15/h5-11H,4,12H2,1-3H3,(H2,20,22,23). The molecule has 140 valence electrons. The van der Waals surface area contributed by atoms with Gasteiger partial charge in [0.25, 0.3) is 5.91 Å². The van der Waals surface area contributed by atoms with Crippen LogP contribution >= 0.6 is 0 Å². The molecule has 0 bridgehead atoms. The maximum atomic E-state index is 13.0. The molecule has 3 aromatic rings. The van der Waals surface area contributed by atoms with E-state index in [1.807, 2.05) is 36.9 Å². The van der Waals surface area contributed by atoms with Crippen molar-refractivity contribution < 1.29 is 9.53 Å². The van der Waals surface area contributed by atoms with Crippen molar-refractivity contribution in [3.8, 4) is 17.1 Å². The Kier molecular flexibility index (Phi) is 5.35. The van der Waals surface area contributed by atoms with Crippen LogP contribution in [0.15, 0.2) is 42.7 Å². The van der Waals surface area contributed by atoms with Crippen LogP contribution in [0.25, 0.3) is 11.3 Å². The largest absolute Gasteiger partial charge is 0.481 e. The number of aromatic nitrogens is 4. The Bertz CT molecular complexity index is 953. The first-order valence-electron chi connectivity index (χ1n) is 8.56. The average molecular weight is 366 g/mol. The Morgan fingerprint density at radius 1 is 1.30 bits per heavy atom. The van der Waals surface area contributed by atoms with E-state index in [0.29, 0.717) is 30.2 Å². The van der Waals surface area contributed by atoms with E-state index in [9.17, 15) is 4.79 Å². The van der Waals surface area contributed by atoms with Crippen LogP contribution in [-0.2, 0) is 13.6 Å². The number of benzene rings is 1. The Hall–Kier alpha value is -3.42. The lowest BCUT2D eigenvalue weighted by Crippen LogP contribution is -2.31. The van der Waals surface area contributed by atoms with Crippen molar-refractivity contribution in [2.45, 2.75) is 13.5 Å². The second kappa shape index (κ2) is 7.86. The maximum Gasteiger partial charge on any atom is 0.254 e. The van der Waals surface area contributed by atoms with Crippen LogP contribution < -0.4 is 10.5 Å². The zero-order chi connectivity index (χ0) is 19.4. The van der Waals surface area contributed by atoms with Crippen molar-refractivity contribution in [2.75, 3.05) is 19.4 Å². The molecule has 0 spiro atoms. The first kappa shape index (κ1) is 18.4. The molecule has 0 aliphatic rings. The van der Waals surface area contributed by atoms with Gasteiger partial charge >= 0.3 is 0 Å². The summed E-state index contributed by atoms with van der Waals surface area (Å²) in [7, 11) is 3.43. The second-order valence-electron chi connectivity index (χ2n) is 6.01. The molecular formula is C19H22N6O2. The zero-order valence-electron chi connectivity index (χ0n) is 15.6. The van der Waals surface area contributed by atoms with E-state index in [4.69, 9.17) is 10.5 Å². The summed E-state index contributed by atoms with van der Waals surface area (Å²) < 4.78 is 7.05. The molecule has 0 aliphatic carbocycles. The fourth-order valence-electron chi connectivity index (χ4n) is 2.74. The molecule has 0 saturated carbocycles. The van der Waals surface area contributed by atoms with Gasteiger partial charge in [-0.3, -0.25) is 4.79 Å². The minimum Gasteiger partial charge on any atom is -0.481 e. The third-order valence-corrected chi connectivity index (χ3v) is 4.26. The van der Waals surface area contributed by atoms with Crippen LogP contribution in [-0.4, -0.2) is 44.0 Å². The quantitative estimate of drug-likeness (QED) is 0.717. The monoisotopic (exact) mass is 366 g/mol. The SMILES string of the molecule is CCN(Cc1nccn1C)C(=O)c1cccc(-c2cc(OC)nc(N)n2)c1. The van der Waals surface area contributed by atoms with Gasteiger partial charge in [0.05, 0.1) is 19.3 Å². The maximum absolute atomic E-state index is 13.0. The number of carbonyl (C=O) groups is 1. The molecule has 0 fully saturated rings. The number of nitrogens with zero attached hydrogens (tertiary/aromatic N) is 5. The third-order valence-electron chi connectivity index (χ3n) is 4.26. The summed E-state index contributed by atoms with van der Waals surface area (Å²) >= 11 is 0. The lowest BCUT2D eigenvalue weighted by atomic mass is 10.1. The summed E-state index contributed by atoms with van der Waals surface area (Å²) in [5, 5.41) is 0. The molecule has 2 aromatic heterocycles. The minimum atomic E-state index is -0.0728. The van der Waals surface area contributed by atoms with Gasteiger partial charge in [0.1, 0.15) is 5.82 Å². The topological polar surface area (TPSA) is 99.2 Å². The van der Waals surface area contributed by atoms with Crippen molar-refractivity contribution in [2.24, 2.45) is 7.05 Å². The van der Waals surface area contributed by atoms with E-state index in [-0.39, 0.29) is 11.9 Å². The van der Waals surface area contributed by atoms with E-state index in [0.717, 1.165) is 11.4 Å². The number of methoxy groups -OCH3 is 1. The van der Waals surface area contributed by atoms with Gasteiger partial charge in [-0.25, -0.2) is 9.97 Å². The van der Waals surface area contributed by atoms with Gasteiger partial charge in [0.15, 0.2) is 0 Å². The molecule has 0 radical (unpaired) electrons. The fourth-order valence-corrected chi connectivity index (χ4v) is 2.74. The molecule has 2 heterocycles. The highest BCUT2D eigenvalue weighted by Crippen LogP contribution is 2.23. The third kappa shape index (κ3) is 4.05. The highest BCUT2D eigenvalue weighted by Gasteiger charge is 2.17. The van der Waals surface area contributed by atoms with Crippen LogP contribution in [0.3, 0.4) is 0 Å². The number of nitrogen functional groups attached to an aromatic ring is 1. The van der Waals surface area contributed by atoms with E-state index in [1.165, 1.54) is 7.11 Å². The fraction of sp³-hybridized carbons (Fsp3) is 0.263. The number of hydrogen-bond donors (Lipinski definition) is 1. The van der Waals surface area contributed by atoms with Gasteiger partial charge in [-0.15, -0.1) is 0 Å². The average Bonchev–Trinajstić information content (AvgIpc) is 3.09. The summed E-state index contributed by atoms with van der Waals surface area (Å²) in [6, 6.07) is 8.96. The molecule has 2 N–H and O–H groups in total. The lowest BCUT2D eigenvalue weighted by Gasteiger charge is -2.21. The number of aryl methyl sites for hydroxylation is 1. The van der Waals surface area contributed by atoms with Gasteiger partial charge in [-0.05, 0) is 19.1 Å². The lowest BCUT2D eigenvalue weighted by molar-refractivity contribution is 0.0747. The van der Waals surface area contributed by atoms with Crippen molar-refractivity contribution >= 4 is 11.9 Å². The summed E-state index contributed by atoms with van der Waals surface area (Å²) in [6.45, 7) is 2.96. The Labute approximate surface area is 157 Å². The molecule has 0 saturated heterocycles. The number of hydrogen-bond acceptors (Lipinski definition) is 6. The first-order chi connectivity index (χ1) is 13.0. The van der Waals surface area contributed by atoms with E-state index >= 15 is 0 Å². The normalized spacial score (nSPS) is 10.6. The van der Waals surface area contributed by atoms with Crippen molar-refractivity contribution in [3.63, 3.8) is 0 Å². The minimum absolute atomic E-state index is 0.0728. The predicted molar refractivity (Wildman–Crippen MR) is 102 cm³/mol. The Morgan fingerprint density at radius 3 is 2.78 bits per heavy atom. The highest BCUT2D eigenvalue weighted by atomic mass is 16.5. The molecule has 1 aromatic carbocycles. The molecular weight excluding hydrogens is 344 g/mol. The molecule has 1 amide bonds. The molecule has 27 heavy (non-hydrogen) atoms. The number of imidazole rings is 1. The Balaban J connectivity index is 1.89. The first-order valence-corrected chi connectivity index (χ1v) is 8.56. The van der Waals surface area contributed by atoms with Gasteiger partial charge in [0.2, 0.25) is 11.8 Å². The smallest absolute Gasteiger partial charge is 0.254 e. The van der Waals surface area contributed by atoms with Gasteiger partial charge in [-0.1, -0.05) is 12.1 Å². The molecule has 0 aliphatic heterocycles. The van der Waals surface area contributed by atoms with Gasteiger partial charge in [-0.2, -0.15) is 4.98 Å². The summed E-state index contributed by atoms with van der Waals surface area (Å²) in [5.41, 5.74) is 7.68. The molecule has 0 unspecified atom stereocenters. The molecule has 0 atom stereocenters. The molecule has 8 nitrogen and oxygen atoms in total. The van der Waals surface area contributed by atoms with Crippen LogP contribution in [0.1, 0.15) is 23.1 Å². The van der Waals surface area contributed by atoms with Crippen LogP contribution in [0.2, 0.25) is 0 Å². The van der Waals surface area contributed by atoms with Gasteiger partial charge in [0, 0.05) is 43.2 Å². The number of anilines is 1. The van der Waals surface area contributed by atoms with Crippen molar-refractivity contribution in [1.82, 2.24) is 24.4 Å². The van der Waals surface area contributed by atoms with E-state index < -0.39 is 0 Å². The highest BCUT2D eigenvalue weighted by molar-refractivity contribution is 5.95. The summed E-state index contributed by atoms with van der Waals surface area (Å²) in [4.78, 5) is 27.3. The van der Waals surface area contributed by atoms with Gasteiger partial charge < -0.3 is 19.9 Å². The predicted octanol–water partition coefficient (Wildman–Crippen LogP) is 2.13. The van der Waals surface area contributed by atoms with Crippen LogP contribution in [0.4, 0.5) is 5.95 Å². The van der Waals surface area contributed by atoms with Crippen LogP contribution in [0.5, 0.6) is 5.88 Å². The number of ether oxygens (including phenoxy) is 1. The number of carbonyl (C=O) groups excluding carboxylic acids is 1.